The summed E-state index contributed by atoms with van der Waals surface area (Å²) in [5.74, 6) is 0.754. The first-order chi connectivity index (χ1) is 7.20. The minimum atomic E-state index is 0.591. The molecule has 0 spiro atoms. The molecule has 15 heavy (non-hydrogen) atoms. The van der Waals surface area contributed by atoms with E-state index in [4.69, 9.17) is 0 Å². The molecular formula is C14H21N. The van der Waals surface area contributed by atoms with Crippen molar-refractivity contribution in [2.45, 2.75) is 39.2 Å². The maximum absolute atomic E-state index is 3.38. The Bertz CT molecular complexity index is 341. The van der Waals surface area contributed by atoms with E-state index in [0.29, 0.717) is 6.04 Å². The molecule has 0 aromatic heterocycles. The van der Waals surface area contributed by atoms with Gasteiger partial charge in [-0.05, 0) is 48.9 Å². The standard InChI is InChI=1S/C14H21N/c1-10(2)8-11-4-6-13-12(9-11)5-7-14(13)15-3/h4,6,9-10,14-15H,5,7-8H2,1-3H3. The third kappa shape index (κ3) is 2.23. The van der Waals surface area contributed by atoms with Crippen LogP contribution in [0.1, 0.15) is 43.0 Å². The number of hydrogen-bond acceptors (Lipinski definition) is 1. The molecule has 1 unspecified atom stereocenters. The van der Waals surface area contributed by atoms with Crippen molar-refractivity contribution in [2.75, 3.05) is 7.05 Å². The molecule has 1 atom stereocenters. The number of aryl methyl sites for hydroxylation is 1. The lowest BCUT2D eigenvalue weighted by Crippen LogP contribution is -2.12. The number of nitrogens with one attached hydrogen (secondary N) is 1. The van der Waals surface area contributed by atoms with Gasteiger partial charge in [0.05, 0.1) is 0 Å². The van der Waals surface area contributed by atoms with Crippen LogP contribution < -0.4 is 5.32 Å². The van der Waals surface area contributed by atoms with E-state index in [1.807, 2.05) is 0 Å². The molecule has 1 aliphatic carbocycles. The zero-order valence-electron chi connectivity index (χ0n) is 10.0. The SMILES string of the molecule is CNC1CCc2cc(CC(C)C)ccc21. The Morgan fingerprint density at radius 1 is 1.40 bits per heavy atom. The van der Waals surface area contributed by atoms with Crippen molar-refractivity contribution in [3.05, 3.63) is 34.9 Å². The van der Waals surface area contributed by atoms with Gasteiger partial charge >= 0.3 is 0 Å². The quantitative estimate of drug-likeness (QED) is 0.796. The number of hydrogen-bond donors (Lipinski definition) is 1. The minimum Gasteiger partial charge on any atom is -0.313 e. The van der Waals surface area contributed by atoms with Gasteiger partial charge in [0.1, 0.15) is 0 Å². The van der Waals surface area contributed by atoms with Gasteiger partial charge in [0.2, 0.25) is 0 Å². The summed E-state index contributed by atoms with van der Waals surface area (Å²) in [6.45, 7) is 4.56. The van der Waals surface area contributed by atoms with Gasteiger partial charge in [-0.25, -0.2) is 0 Å². The van der Waals surface area contributed by atoms with Crippen molar-refractivity contribution in [3.63, 3.8) is 0 Å². The number of rotatable bonds is 3. The lowest BCUT2D eigenvalue weighted by Gasteiger charge is -2.11. The molecule has 0 bridgehead atoms. The third-order valence-corrected chi connectivity index (χ3v) is 3.28. The molecule has 2 rings (SSSR count). The molecule has 0 saturated heterocycles. The van der Waals surface area contributed by atoms with E-state index in [1.165, 1.54) is 30.4 Å². The van der Waals surface area contributed by atoms with Crippen LogP contribution in [0.2, 0.25) is 0 Å². The fraction of sp³-hybridized carbons (Fsp3) is 0.571. The van der Waals surface area contributed by atoms with Crippen LogP contribution in [0.25, 0.3) is 0 Å². The number of benzene rings is 1. The third-order valence-electron chi connectivity index (χ3n) is 3.28. The first-order valence-corrected chi connectivity index (χ1v) is 5.99. The average molecular weight is 203 g/mol. The highest BCUT2D eigenvalue weighted by Crippen LogP contribution is 2.31. The zero-order chi connectivity index (χ0) is 10.8. The summed E-state index contributed by atoms with van der Waals surface area (Å²) in [4.78, 5) is 0. The lowest BCUT2D eigenvalue weighted by molar-refractivity contribution is 0.590. The summed E-state index contributed by atoms with van der Waals surface area (Å²) < 4.78 is 0. The fourth-order valence-corrected chi connectivity index (χ4v) is 2.57. The molecule has 82 valence electrons. The van der Waals surface area contributed by atoms with Crippen LogP contribution in [0.5, 0.6) is 0 Å². The molecule has 0 aliphatic heterocycles. The molecular weight excluding hydrogens is 182 g/mol. The van der Waals surface area contributed by atoms with Gasteiger partial charge in [-0.1, -0.05) is 32.0 Å². The molecule has 0 amide bonds. The van der Waals surface area contributed by atoms with E-state index in [9.17, 15) is 0 Å². The molecule has 1 aromatic carbocycles. The molecule has 1 N–H and O–H groups in total. The summed E-state index contributed by atoms with van der Waals surface area (Å²) in [6.07, 6.45) is 3.71. The van der Waals surface area contributed by atoms with Crippen molar-refractivity contribution >= 4 is 0 Å². The highest BCUT2D eigenvalue weighted by atomic mass is 14.9. The summed E-state index contributed by atoms with van der Waals surface area (Å²) in [6, 6.07) is 7.62. The Morgan fingerprint density at radius 3 is 2.87 bits per heavy atom. The minimum absolute atomic E-state index is 0.591. The smallest absolute Gasteiger partial charge is 0.0323 e. The van der Waals surface area contributed by atoms with Crippen LogP contribution in [-0.4, -0.2) is 7.05 Å². The van der Waals surface area contributed by atoms with Crippen molar-refractivity contribution in [2.24, 2.45) is 5.92 Å². The maximum atomic E-state index is 3.38. The topological polar surface area (TPSA) is 12.0 Å². The van der Waals surface area contributed by atoms with E-state index in [2.05, 4.69) is 44.4 Å². The van der Waals surface area contributed by atoms with Gasteiger partial charge in [-0.3, -0.25) is 0 Å². The molecule has 0 fully saturated rings. The van der Waals surface area contributed by atoms with Gasteiger partial charge < -0.3 is 5.32 Å². The summed E-state index contributed by atoms with van der Waals surface area (Å²) in [5, 5.41) is 3.38. The van der Waals surface area contributed by atoms with Gasteiger partial charge in [0.25, 0.3) is 0 Å². The highest BCUT2D eigenvalue weighted by Gasteiger charge is 2.20. The lowest BCUT2D eigenvalue weighted by atomic mass is 9.98. The van der Waals surface area contributed by atoms with E-state index < -0.39 is 0 Å². The first-order valence-electron chi connectivity index (χ1n) is 5.99. The van der Waals surface area contributed by atoms with Crippen LogP contribution in [0, 0.1) is 5.92 Å². The first kappa shape index (κ1) is 10.7. The zero-order valence-corrected chi connectivity index (χ0v) is 10.0. The molecule has 1 aliphatic rings. The second kappa shape index (κ2) is 4.36. The second-order valence-corrected chi connectivity index (χ2v) is 5.01. The summed E-state index contributed by atoms with van der Waals surface area (Å²) in [7, 11) is 2.06. The Labute approximate surface area is 92.9 Å². The predicted octanol–water partition coefficient (Wildman–Crippen LogP) is 3.09. The van der Waals surface area contributed by atoms with Gasteiger partial charge in [-0.2, -0.15) is 0 Å². The molecule has 1 heteroatoms. The van der Waals surface area contributed by atoms with Gasteiger partial charge in [0.15, 0.2) is 0 Å². The van der Waals surface area contributed by atoms with Gasteiger partial charge in [0, 0.05) is 6.04 Å². The Morgan fingerprint density at radius 2 is 2.20 bits per heavy atom. The van der Waals surface area contributed by atoms with E-state index >= 15 is 0 Å². The van der Waals surface area contributed by atoms with Crippen LogP contribution in [0.4, 0.5) is 0 Å². The van der Waals surface area contributed by atoms with Crippen molar-refractivity contribution < 1.29 is 0 Å². The molecule has 1 nitrogen and oxygen atoms in total. The second-order valence-electron chi connectivity index (χ2n) is 5.01. The molecule has 0 saturated carbocycles. The van der Waals surface area contributed by atoms with Crippen molar-refractivity contribution in [3.8, 4) is 0 Å². The largest absolute Gasteiger partial charge is 0.313 e. The fourth-order valence-electron chi connectivity index (χ4n) is 2.57. The van der Waals surface area contributed by atoms with Crippen molar-refractivity contribution in [1.29, 1.82) is 0 Å². The van der Waals surface area contributed by atoms with Gasteiger partial charge in [-0.15, -0.1) is 0 Å². The average Bonchev–Trinajstić information content (AvgIpc) is 2.58. The summed E-state index contributed by atoms with van der Waals surface area (Å²) >= 11 is 0. The maximum Gasteiger partial charge on any atom is 0.0323 e. The van der Waals surface area contributed by atoms with E-state index in [1.54, 1.807) is 5.56 Å². The Hall–Kier alpha value is -0.820. The summed E-state index contributed by atoms with van der Waals surface area (Å²) in [5.41, 5.74) is 4.58. The van der Waals surface area contributed by atoms with E-state index in [0.717, 1.165) is 5.92 Å². The van der Waals surface area contributed by atoms with Crippen molar-refractivity contribution in [1.82, 2.24) is 5.32 Å². The Balaban J connectivity index is 2.21. The monoisotopic (exact) mass is 203 g/mol. The Kier molecular flexibility index (Phi) is 3.11. The molecule has 0 radical (unpaired) electrons. The number of fused-ring (bicyclic) bond motifs is 1. The predicted molar refractivity (Wildman–Crippen MR) is 65.1 cm³/mol. The van der Waals surface area contributed by atoms with Crippen LogP contribution in [0.3, 0.4) is 0 Å². The molecule has 1 aromatic rings. The molecule has 0 heterocycles. The van der Waals surface area contributed by atoms with Crippen LogP contribution in [0.15, 0.2) is 18.2 Å². The van der Waals surface area contributed by atoms with Crippen LogP contribution in [-0.2, 0) is 12.8 Å². The van der Waals surface area contributed by atoms with Crippen LogP contribution >= 0.6 is 0 Å². The van der Waals surface area contributed by atoms with E-state index in [-0.39, 0.29) is 0 Å². The normalized spacial score (nSPS) is 19.6. The highest BCUT2D eigenvalue weighted by molar-refractivity contribution is 5.38.